The minimum absolute atomic E-state index is 0. The van der Waals surface area contributed by atoms with Crippen LogP contribution in [0.4, 0.5) is 0 Å². The number of aliphatic carboxylic acids is 3. The van der Waals surface area contributed by atoms with E-state index in [2.05, 4.69) is 20.8 Å². The average molecular weight is 980 g/mol. The van der Waals surface area contributed by atoms with Crippen molar-refractivity contribution < 1.29 is 49.2 Å². The molecule has 0 aromatic carbocycles. The summed E-state index contributed by atoms with van der Waals surface area (Å²) in [5.41, 5.74) is 0. The Kier molecular flexibility index (Phi) is 86.4. The SMILES string of the molecule is CCCCCCCCCCCCCCCCCC(=O)[O-].CCCCCCCCCCCCCCCCCC(=O)[O-].CCCCCCCCCCCCCCCCCC(=O)[O-].[Ca+2].[Mg+2].[Zn+2]. The van der Waals surface area contributed by atoms with Gasteiger partial charge >= 0.3 is 80.3 Å². The molecular formula is C54H105CaMgO6Zn+3. The first-order chi connectivity index (χ1) is 29.3. The van der Waals surface area contributed by atoms with Gasteiger partial charge in [-0.15, -0.1) is 0 Å². The molecule has 0 aliphatic carbocycles. The average Bonchev–Trinajstić information content (AvgIpc) is 3.22. The van der Waals surface area contributed by atoms with E-state index in [1.807, 2.05) is 0 Å². The van der Waals surface area contributed by atoms with Gasteiger partial charge in [0.1, 0.15) is 0 Å². The maximum Gasteiger partial charge on any atom is 2.00 e. The molecule has 0 fully saturated rings. The van der Waals surface area contributed by atoms with Crippen LogP contribution in [0.3, 0.4) is 0 Å². The summed E-state index contributed by atoms with van der Waals surface area (Å²) in [5.74, 6) is -2.71. The minimum Gasteiger partial charge on any atom is -0.550 e. The van der Waals surface area contributed by atoms with Crippen LogP contribution < -0.4 is 15.3 Å². The second kappa shape index (κ2) is 72.0. The second-order valence-electron chi connectivity index (χ2n) is 18.2. The van der Waals surface area contributed by atoms with E-state index in [1.165, 1.54) is 250 Å². The van der Waals surface area contributed by atoms with Gasteiger partial charge in [0.25, 0.3) is 0 Å². The van der Waals surface area contributed by atoms with E-state index in [0.29, 0.717) is 0 Å². The third kappa shape index (κ3) is 86.7. The fourth-order valence-electron chi connectivity index (χ4n) is 7.92. The Bertz CT molecular complexity index is 732. The van der Waals surface area contributed by atoms with Gasteiger partial charge in [0.2, 0.25) is 0 Å². The number of carboxylic acids is 3. The van der Waals surface area contributed by atoms with E-state index in [4.69, 9.17) is 0 Å². The van der Waals surface area contributed by atoms with Crippen molar-refractivity contribution in [2.75, 3.05) is 0 Å². The van der Waals surface area contributed by atoms with Crippen LogP contribution in [0.15, 0.2) is 0 Å². The number of hydrogen-bond donors (Lipinski definition) is 0. The van der Waals surface area contributed by atoms with Crippen molar-refractivity contribution in [2.24, 2.45) is 0 Å². The second-order valence-corrected chi connectivity index (χ2v) is 18.2. The molecule has 0 spiro atoms. The molecule has 0 aliphatic rings. The van der Waals surface area contributed by atoms with Gasteiger partial charge in [0.05, 0.1) is 0 Å². The molecule has 0 unspecified atom stereocenters. The van der Waals surface area contributed by atoms with Crippen LogP contribution in [-0.2, 0) is 33.9 Å². The Balaban J connectivity index is -0.000000189. The first-order valence-corrected chi connectivity index (χ1v) is 26.9. The summed E-state index contributed by atoms with van der Waals surface area (Å²) in [7, 11) is 0. The molecule has 360 valence electrons. The quantitative estimate of drug-likeness (QED) is 0.0442. The van der Waals surface area contributed by atoms with Crippen molar-refractivity contribution in [1.82, 2.24) is 0 Å². The van der Waals surface area contributed by atoms with Crippen LogP contribution in [0, 0.1) is 0 Å². The molecule has 0 aromatic rings. The molecule has 0 atom stereocenters. The number of carboxylic acid groups (broad SMARTS) is 3. The molecule has 0 aromatic heterocycles. The molecule has 0 amide bonds. The number of unbranched alkanes of at least 4 members (excludes halogenated alkanes) is 42. The van der Waals surface area contributed by atoms with Crippen molar-refractivity contribution in [3.63, 3.8) is 0 Å². The monoisotopic (exact) mass is 978 g/mol. The standard InChI is InChI=1S/3C18H36O2.Ca.Mg.Zn/c3*1-2-3-4-5-6-7-8-9-10-11-12-13-14-15-16-17-18(19)20;;;/h3*2-17H2,1H3,(H,19,20);;;/q;;;3*+2/p-3. The third-order valence-corrected chi connectivity index (χ3v) is 12.0. The molecule has 0 heterocycles. The van der Waals surface area contributed by atoms with E-state index < -0.39 is 17.9 Å². The molecule has 0 rings (SSSR count). The van der Waals surface area contributed by atoms with Crippen molar-refractivity contribution >= 4 is 78.7 Å². The van der Waals surface area contributed by atoms with Gasteiger partial charge < -0.3 is 29.7 Å². The van der Waals surface area contributed by atoms with E-state index in [1.54, 1.807) is 0 Å². The van der Waals surface area contributed by atoms with Crippen molar-refractivity contribution in [3.05, 3.63) is 0 Å². The van der Waals surface area contributed by atoms with Crippen LogP contribution in [0.5, 0.6) is 0 Å². The Morgan fingerprint density at radius 3 is 0.429 bits per heavy atom. The summed E-state index contributed by atoms with van der Waals surface area (Å²) in [5, 5.41) is 30.7. The molecule has 0 radical (unpaired) electrons. The Morgan fingerprint density at radius 1 is 0.238 bits per heavy atom. The maximum atomic E-state index is 10.2. The molecule has 0 saturated carbocycles. The summed E-state index contributed by atoms with van der Waals surface area (Å²) in [6, 6.07) is 0. The first-order valence-electron chi connectivity index (χ1n) is 26.9. The largest absolute Gasteiger partial charge is 2.00 e. The van der Waals surface area contributed by atoms with Gasteiger partial charge in [-0.1, -0.05) is 290 Å². The molecule has 63 heavy (non-hydrogen) atoms. The third-order valence-electron chi connectivity index (χ3n) is 12.0. The zero-order valence-corrected chi connectivity index (χ0v) is 49.6. The predicted molar refractivity (Wildman–Crippen MR) is 265 cm³/mol. The van der Waals surface area contributed by atoms with E-state index in [-0.39, 0.29) is 99.5 Å². The normalized spacial score (nSPS) is 10.3. The van der Waals surface area contributed by atoms with Crippen molar-refractivity contribution in [2.45, 2.75) is 329 Å². The van der Waals surface area contributed by atoms with Crippen LogP contribution in [0.2, 0.25) is 0 Å². The summed E-state index contributed by atoms with van der Waals surface area (Å²) in [4.78, 5) is 30.7. The van der Waals surface area contributed by atoms with E-state index in [0.717, 1.165) is 38.5 Å². The minimum atomic E-state index is -0.903. The number of hydrogen-bond acceptors (Lipinski definition) is 6. The first kappa shape index (κ1) is 75.6. The summed E-state index contributed by atoms with van der Waals surface area (Å²) < 4.78 is 0. The van der Waals surface area contributed by atoms with Gasteiger partial charge in [-0.2, -0.15) is 0 Å². The summed E-state index contributed by atoms with van der Waals surface area (Å²) in [6.07, 6.45) is 59.6. The van der Waals surface area contributed by atoms with Gasteiger partial charge in [-0.25, -0.2) is 0 Å². The molecule has 0 saturated heterocycles. The van der Waals surface area contributed by atoms with Crippen LogP contribution >= 0.6 is 0 Å². The van der Waals surface area contributed by atoms with Crippen LogP contribution in [0.1, 0.15) is 329 Å². The number of rotatable bonds is 48. The summed E-state index contributed by atoms with van der Waals surface area (Å²) in [6.45, 7) is 6.80. The fraction of sp³-hybridized carbons (Fsp3) is 0.944. The van der Waals surface area contributed by atoms with E-state index >= 15 is 0 Å². The molecule has 6 nitrogen and oxygen atoms in total. The van der Waals surface area contributed by atoms with Crippen LogP contribution in [0.25, 0.3) is 0 Å². The predicted octanol–water partition coefficient (Wildman–Crippen LogP) is 14.2. The Morgan fingerprint density at radius 2 is 0.333 bits per heavy atom. The van der Waals surface area contributed by atoms with Gasteiger partial charge in [0, 0.05) is 17.9 Å². The molecule has 0 bridgehead atoms. The molecular weight excluding hydrogens is 874 g/mol. The number of carbonyl (C=O) groups is 3. The van der Waals surface area contributed by atoms with Gasteiger partial charge in [-0.05, 0) is 38.5 Å². The fourth-order valence-corrected chi connectivity index (χ4v) is 7.92. The van der Waals surface area contributed by atoms with Crippen molar-refractivity contribution in [3.8, 4) is 0 Å². The van der Waals surface area contributed by atoms with Gasteiger partial charge in [0.15, 0.2) is 0 Å². The summed E-state index contributed by atoms with van der Waals surface area (Å²) >= 11 is 0. The molecule has 0 aliphatic heterocycles. The zero-order chi connectivity index (χ0) is 44.7. The number of carbonyl (C=O) groups excluding carboxylic acids is 3. The molecule has 0 N–H and O–H groups in total. The van der Waals surface area contributed by atoms with Gasteiger partial charge in [-0.3, -0.25) is 0 Å². The topological polar surface area (TPSA) is 120 Å². The Labute approximate surface area is 452 Å². The zero-order valence-electron chi connectivity index (χ0n) is 43.0. The van der Waals surface area contributed by atoms with E-state index in [9.17, 15) is 29.7 Å². The molecule has 9 heteroatoms. The smallest absolute Gasteiger partial charge is 0.550 e. The van der Waals surface area contributed by atoms with Crippen LogP contribution in [-0.4, -0.2) is 78.7 Å². The Hall–Kier alpha value is 1.06. The van der Waals surface area contributed by atoms with Crippen molar-refractivity contribution in [1.29, 1.82) is 0 Å². The maximum absolute atomic E-state index is 10.2.